The van der Waals surface area contributed by atoms with E-state index in [1.54, 1.807) is 16.9 Å². The molecule has 1 saturated heterocycles. The minimum absolute atomic E-state index is 0.00375. The number of aromatic nitrogens is 5. The highest BCUT2D eigenvalue weighted by molar-refractivity contribution is 5.94. The topological polar surface area (TPSA) is 118 Å². The van der Waals surface area contributed by atoms with Crippen LogP contribution in [0.1, 0.15) is 60.7 Å². The number of nitrogens with one attached hydrogen (secondary N) is 1. The highest BCUT2D eigenvalue weighted by Gasteiger charge is 2.41. The molecule has 11 heteroatoms. The standard InChI is InChI=1S/C33H40N8O3/c1-5-10-44-20-31-34-17-27(18-35-31)24-6-7-41-29(13-24)16-30(38-41)37-32(42)25-14-28(15-25)40-9-8-39(19-23(40)4)33(43)26-11-21(2)36-22(3)12-26/h6-7,11-13,16-18,23,25,28H,5,8-10,14-15,19-20H2,1-4H3,(H,37,38,42)/t23-,25-,28+/m0/s1. The first-order chi connectivity index (χ1) is 21.3. The number of amides is 2. The Morgan fingerprint density at radius 3 is 2.48 bits per heavy atom. The molecule has 0 spiro atoms. The third-order valence-corrected chi connectivity index (χ3v) is 8.58. The summed E-state index contributed by atoms with van der Waals surface area (Å²) < 4.78 is 7.28. The van der Waals surface area contributed by atoms with Gasteiger partial charge in [-0.1, -0.05) is 6.92 Å². The van der Waals surface area contributed by atoms with E-state index in [9.17, 15) is 9.59 Å². The molecule has 0 bridgehead atoms. The van der Waals surface area contributed by atoms with Gasteiger partial charge in [-0.05, 0) is 69.9 Å². The van der Waals surface area contributed by atoms with E-state index >= 15 is 0 Å². The lowest BCUT2D eigenvalue weighted by atomic mass is 9.78. The Morgan fingerprint density at radius 1 is 1.02 bits per heavy atom. The van der Waals surface area contributed by atoms with Crippen LogP contribution in [0.25, 0.3) is 16.6 Å². The molecule has 0 unspecified atom stereocenters. The maximum absolute atomic E-state index is 13.1. The number of hydrogen-bond acceptors (Lipinski definition) is 8. The second-order valence-electron chi connectivity index (χ2n) is 12.0. The van der Waals surface area contributed by atoms with Crippen molar-refractivity contribution in [2.45, 2.75) is 65.6 Å². The average molecular weight is 597 g/mol. The van der Waals surface area contributed by atoms with Crippen LogP contribution >= 0.6 is 0 Å². The van der Waals surface area contributed by atoms with Crippen LogP contribution in [0.4, 0.5) is 5.82 Å². The smallest absolute Gasteiger partial charge is 0.254 e. The Balaban J connectivity index is 1.01. The summed E-state index contributed by atoms with van der Waals surface area (Å²) in [7, 11) is 0. The van der Waals surface area contributed by atoms with E-state index in [0.717, 1.165) is 53.8 Å². The zero-order valence-electron chi connectivity index (χ0n) is 25.9. The fraction of sp³-hybridized carbons (Fsp3) is 0.455. The van der Waals surface area contributed by atoms with E-state index in [2.05, 4.69) is 44.1 Å². The van der Waals surface area contributed by atoms with Gasteiger partial charge in [0.1, 0.15) is 6.61 Å². The van der Waals surface area contributed by atoms with Crippen molar-refractivity contribution in [2.75, 3.05) is 31.6 Å². The summed E-state index contributed by atoms with van der Waals surface area (Å²) >= 11 is 0. The molecule has 1 saturated carbocycles. The van der Waals surface area contributed by atoms with Crippen molar-refractivity contribution < 1.29 is 14.3 Å². The van der Waals surface area contributed by atoms with Gasteiger partial charge in [0, 0.05) is 91.4 Å². The zero-order chi connectivity index (χ0) is 30.8. The Kier molecular flexibility index (Phi) is 8.67. The normalized spacial score (nSPS) is 20.5. The summed E-state index contributed by atoms with van der Waals surface area (Å²) in [6.07, 6.45) is 8.06. The van der Waals surface area contributed by atoms with Crippen molar-refractivity contribution in [3.05, 3.63) is 71.7 Å². The molecule has 1 N–H and O–H groups in total. The summed E-state index contributed by atoms with van der Waals surface area (Å²) in [4.78, 5) is 43.9. The molecule has 44 heavy (non-hydrogen) atoms. The third kappa shape index (κ3) is 6.48. The number of nitrogens with zero attached hydrogens (tertiary/aromatic N) is 7. The number of aryl methyl sites for hydroxylation is 2. The van der Waals surface area contributed by atoms with Crippen LogP contribution in [0, 0.1) is 19.8 Å². The molecular weight excluding hydrogens is 556 g/mol. The van der Waals surface area contributed by atoms with Gasteiger partial charge in [0.15, 0.2) is 11.6 Å². The second kappa shape index (κ2) is 12.8. The quantitative estimate of drug-likeness (QED) is 0.285. The molecule has 2 amide bonds. The van der Waals surface area contributed by atoms with Crippen LogP contribution in [0.15, 0.2) is 48.9 Å². The van der Waals surface area contributed by atoms with Crippen molar-refractivity contribution in [3.63, 3.8) is 0 Å². The van der Waals surface area contributed by atoms with Gasteiger partial charge >= 0.3 is 0 Å². The molecule has 1 aliphatic heterocycles. The molecule has 4 aromatic heterocycles. The molecule has 1 atom stereocenters. The van der Waals surface area contributed by atoms with E-state index in [0.29, 0.717) is 49.6 Å². The summed E-state index contributed by atoms with van der Waals surface area (Å²) in [5, 5.41) is 7.57. The van der Waals surface area contributed by atoms with Crippen LogP contribution < -0.4 is 5.32 Å². The monoisotopic (exact) mass is 596 g/mol. The number of ether oxygens (including phenoxy) is 1. The molecule has 4 aromatic rings. The summed E-state index contributed by atoms with van der Waals surface area (Å²) in [5.74, 6) is 1.22. The minimum atomic E-state index is -0.0491. The second-order valence-corrected chi connectivity index (χ2v) is 12.0. The Bertz CT molecular complexity index is 1630. The molecule has 1 aliphatic carbocycles. The zero-order valence-corrected chi connectivity index (χ0v) is 25.9. The van der Waals surface area contributed by atoms with Gasteiger partial charge in [-0.3, -0.25) is 19.5 Å². The lowest BCUT2D eigenvalue weighted by Crippen LogP contribution is -2.60. The molecule has 11 nitrogen and oxygen atoms in total. The predicted molar refractivity (Wildman–Crippen MR) is 167 cm³/mol. The first kappa shape index (κ1) is 29.8. The Hall–Kier alpha value is -4.22. The molecule has 0 radical (unpaired) electrons. The van der Waals surface area contributed by atoms with Gasteiger partial charge in [-0.15, -0.1) is 0 Å². The Labute approximate surface area is 257 Å². The molecule has 0 aromatic carbocycles. The predicted octanol–water partition coefficient (Wildman–Crippen LogP) is 4.29. The number of rotatable bonds is 9. The van der Waals surface area contributed by atoms with Crippen LogP contribution in [-0.2, 0) is 16.1 Å². The van der Waals surface area contributed by atoms with Crippen LogP contribution in [0.2, 0.25) is 0 Å². The van der Waals surface area contributed by atoms with Crippen molar-refractivity contribution in [2.24, 2.45) is 5.92 Å². The molecule has 5 heterocycles. The van der Waals surface area contributed by atoms with Gasteiger partial charge in [0.05, 0.1) is 5.52 Å². The largest absolute Gasteiger partial charge is 0.373 e. The lowest BCUT2D eigenvalue weighted by Gasteiger charge is -2.49. The third-order valence-electron chi connectivity index (χ3n) is 8.58. The van der Waals surface area contributed by atoms with E-state index in [4.69, 9.17) is 4.74 Å². The SMILES string of the molecule is CCCOCc1ncc(-c2ccn3nc(NC(=O)[C@H]4C[C@@H](N5CCN(C(=O)c6cc(C)nc(C)c6)C[C@@H]5C)C4)cc3c2)cn1. The van der Waals surface area contributed by atoms with Crippen LogP contribution in [0.3, 0.4) is 0 Å². The summed E-state index contributed by atoms with van der Waals surface area (Å²) in [6, 6.07) is 10.2. The number of carbonyl (C=O) groups excluding carboxylic acids is 2. The van der Waals surface area contributed by atoms with Crippen molar-refractivity contribution in [3.8, 4) is 11.1 Å². The minimum Gasteiger partial charge on any atom is -0.373 e. The maximum Gasteiger partial charge on any atom is 0.254 e. The molecule has 2 fully saturated rings. The van der Waals surface area contributed by atoms with E-state index in [1.807, 2.05) is 55.3 Å². The van der Waals surface area contributed by atoms with Crippen LogP contribution in [0.5, 0.6) is 0 Å². The highest BCUT2D eigenvalue weighted by Crippen LogP contribution is 2.35. The first-order valence-electron chi connectivity index (χ1n) is 15.5. The number of anilines is 1. The Morgan fingerprint density at radius 2 is 1.77 bits per heavy atom. The first-order valence-corrected chi connectivity index (χ1v) is 15.5. The fourth-order valence-electron chi connectivity index (χ4n) is 6.26. The van der Waals surface area contributed by atoms with Gasteiger partial charge in [0.2, 0.25) is 5.91 Å². The molecular formula is C33H40N8O3. The van der Waals surface area contributed by atoms with Crippen molar-refractivity contribution in [1.82, 2.24) is 34.4 Å². The lowest BCUT2D eigenvalue weighted by molar-refractivity contribution is -0.125. The van der Waals surface area contributed by atoms with Gasteiger partial charge in [0.25, 0.3) is 5.91 Å². The number of hydrogen-bond donors (Lipinski definition) is 1. The van der Waals surface area contributed by atoms with Crippen molar-refractivity contribution >= 4 is 23.1 Å². The van der Waals surface area contributed by atoms with E-state index < -0.39 is 0 Å². The average Bonchev–Trinajstić information content (AvgIpc) is 3.38. The number of pyridine rings is 2. The summed E-state index contributed by atoms with van der Waals surface area (Å²) in [5.41, 5.74) is 5.17. The number of carbonyl (C=O) groups is 2. The fourth-order valence-corrected chi connectivity index (χ4v) is 6.26. The molecule has 230 valence electrons. The van der Waals surface area contributed by atoms with Gasteiger partial charge in [-0.25, -0.2) is 14.5 Å². The van der Waals surface area contributed by atoms with Gasteiger partial charge < -0.3 is 15.0 Å². The number of piperazine rings is 1. The van der Waals surface area contributed by atoms with E-state index in [-0.39, 0.29) is 23.8 Å². The molecule has 6 rings (SSSR count). The van der Waals surface area contributed by atoms with Gasteiger partial charge in [-0.2, -0.15) is 5.10 Å². The molecule has 2 aliphatic rings. The van der Waals surface area contributed by atoms with Crippen molar-refractivity contribution in [1.29, 1.82) is 0 Å². The number of fused-ring (bicyclic) bond motifs is 1. The van der Waals surface area contributed by atoms with Crippen LogP contribution in [-0.4, -0.2) is 84.5 Å². The highest BCUT2D eigenvalue weighted by atomic mass is 16.5. The van der Waals surface area contributed by atoms with E-state index in [1.165, 1.54) is 0 Å². The maximum atomic E-state index is 13.1. The summed E-state index contributed by atoms with van der Waals surface area (Å²) in [6.45, 7) is 11.3.